The standard InChI is InChI=1S/C20H15ClN2O4/c1-10-7-17(27-23-10)19(24)18-14-8-13(11-3-5-12(26-2)6-4-11)15(21)9-16(14)22-20(18)25/h3-9,24H,1-2H3,(H,22,25)/b19-18+. The largest absolute Gasteiger partial charge is 0.504 e. The lowest BCUT2D eigenvalue weighted by atomic mass is 9.98. The molecule has 0 saturated heterocycles. The molecule has 0 fully saturated rings. The summed E-state index contributed by atoms with van der Waals surface area (Å²) in [5, 5.41) is 17.5. The molecule has 0 saturated carbocycles. The van der Waals surface area contributed by atoms with Crippen molar-refractivity contribution in [1.29, 1.82) is 0 Å². The van der Waals surface area contributed by atoms with Crippen LogP contribution >= 0.6 is 11.6 Å². The van der Waals surface area contributed by atoms with Gasteiger partial charge in [-0.3, -0.25) is 4.79 Å². The topological polar surface area (TPSA) is 84.6 Å². The van der Waals surface area contributed by atoms with Crippen LogP contribution in [-0.4, -0.2) is 23.3 Å². The van der Waals surface area contributed by atoms with Crippen molar-refractivity contribution in [1.82, 2.24) is 5.16 Å². The van der Waals surface area contributed by atoms with E-state index in [1.807, 2.05) is 24.3 Å². The first-order chi connectivity index (χ1) is 13.0. The van der Waals surface area contributed by atoms with Crippen LogP contribution in [0, 0.1) is 6.92 Å². The monoisotopic (exact) mass is 382 g/mol. The van der Waals surface area contributed by atoms with Gasteiger partial charge in [0.2, 0.25) is 5.76 Å². The van der Waals surface area contributed by atoms with Crippen molar-refractivity contribution in [2.75, 3.05) is 12.4 Å². The number of carbonyl (C=O) groups is 1. The second-order valence-electron chi connectivity index (χ2n) is 6.12. The maximum atomic E-state index is 12.4. The van der Waals surface area contributed by atoms with Gasteiger partial charge >= 0.3 is 0 Å². The summed E-state index contributed by atoms with van der Waals surface area (Å²) in [6, 6.07) is 12.4. The van der Waals surface area contributed by atoms with Crippen LogP contribution in [0.5, 0.6) is 5.75 Å². The van der Waals surface area contributed by atoms with Gasteiger partial charge in [-0.05, 0) is 36.8 Å². The molecule has 1 aliphatic rings. The lowest BCUT2D eigenvalue weighted by molar-refractivity contribution is -0.110. The maximum Gasteiger partial charge on any atom is 0.260 e. The molecule has 7 heteroatoms. The summed E-state index contributed by atoms with van der Waals surface area (Å²) < 4.78 is 10.3. The third kappa shape index (κ3) is 2.94. The van der Waals surface area contributed by atoms with Crippen molar-refractivity contribution < 1.29 is 19.2 Å². The molecular weight excluding hydrogens is 368 g/mol. The smallest absolute Gasteiger partial charge is 0.260 e. The zero-order valence-corrected chi connectivity index (χ0v) is 15.3. The maximum absolute atomic E-state index is 12.4. The number of aliphatic hydroxyl groups excluding tert-OH is 1. The highest BCUT2D eigenvalue weighted by Gasteiger charge is 2.31. The van der Waals surface area contributed by atoms with E-state index in [1.165, 1.54) is 0 Å². The molecule has 3 aromatic rings. The summed E-state index contributed by atoms with van der Waals surface area (Å²) in [7, 11) is 1.60. The Labute approximate surface area is 160 Å². The third-order valence-electron chi connectivity index (χ3n) is 4.35. The molecule has 1 aliphatic heterocycles. The molecule has 27 heavy (non-hydrogen) atoms. The lowest BCUT2D eigenvalue weighted by Gasteiger charge is -2.09. The number of nitrogens with one attached hydrogen (secondary N) is 1. The van der Waals surface area contributed by atoms with Crippen LogP contribution in [0.4, 0.5) is 5.69 Å². The molecule has 1 aromatic heterocycles. The summed E-state index contributed by atoms with van der Waals surface area (Å²) >= 11 is 6.42. The second-order valence-corrected chi connectivity index (χ2v) is 6.52. The van der Waals surface area contributed by atoms with Gasteiger partial charge in [-0.2, -0.15) is 0 Å². The molecule has 136 valence electrons. The number of nitrogens with zero attached hydrogens (tertiary/aromatic N) is 1. The highest BCUT2D eigenvalue weighted by atomic mass is 35.5. The summed E-state index contributed by atoms with van der Waals surface area (Å²) in [6.45, 7) is 1.73. The Hall–Kier alpha value is -3.25. The SMILES string of the molecule is COc1ccc(-c2cc3c(cc2Cl)NC(=O)/C3=C(/O)c2cc(C)no2)cc1. The minimum absolute atomic E-state index is 0.118. The number of ether oxygens (including phenoxy) is 1. The van der Waals surface area contributed by atoms with E-state index in [0.29, 0.717) is 22.0 Å². The molecule has 2 heterocycles. The van der Waals surface area contributed by atoms with Crippen LogP contribution in [0.15, 0.2) is 47.0 Å². The number of halogens is 1. The van der Waals surface area contributed by atoms with Crippen molar-refractivity contribution >= 4 is 34.5 Å². The van der Waals surface area contributed by atoms with Gasteiger partial charge in [-0.15, -0.1) is 0 Å². The van der Waals surface area contributed by atoms with E-state index < -0.39 is 5.91 Å². The number of hydrogen-bond donors (Lipinski definition) is 2. The van der Waals surface area contributed by atoms with E-state index in [9.17, 15) is 9.90 Å². The molecule has 4 rings (SSSR count). The molecular formula is C20H15ClN2O4. The van der Waals surface area contributed by atoms with Crippen molar-refractivity contribution in [3.8, 4) is 16.9 Å². The Bertz CT molecular complexity index is 1080. The van der Waals surface area contributed by atoms with Crippen LogP contribution in [0.25, 0.3) is 22.5 Å². The van der Waals surface area contributed by atoms with E-state index in [1.54, 1.807) is 32.2 Å². The highest BCUT2D eigenvalue weighted by Crippen LogP contribution is 2.42. The van der Waals surface area contributed by atoms with Crippen molar-refractivity contribution in [3.05, 3.63) is 64.5 Å². The van der Waals surface area contributed by atoms with E-state index in [0.717, 1.165) is 16.9 Å². The molecule has 6 nitrogen and oxygen atoms in total. The fourth-order valence-electron chi connectivity index (χ4n) is 3.02. The van der Waals surface area contributed by atoms with E-state index in [2.05, 4.69) is 10.5 Å². The van der Waals surface area contributed by atoms with Crippen LogP contribution in [0.2, 0.25) is 5.02 Å². The normalized spacial score (nSPS) is 14.7. The number of rotatable bonds is 3. The Balaban J connectivity index is 1.86. The fourth-order valence-corrected chi connectivity index (χ4v) is 3.29. The number of aliphatic hydroxyl groups is 1. The van der Waals surface area contributed by atoms with E-state index in [-0.39, 0.29) is 17.1 Å². The molecule has 2 N–H and O–H groups in total. The zero-order chi connectivity index (χ0) is 19.1. The van der Waals surface area contributed by atoms with E-state index >= 15 is 0 Å². The first kappa shape index (κ1) is 17.2. The predicted octanol–water partition coefficient (Wildman–Crippen LogP) is 4.69. The Morgan fingerprint density at radius 1 is 1.19 bits per heavy atom. The van der Waals surface area contributed by atoms with E-state index in [4.69, 9.17) is 20.9 Å². The summed E-state index contributed by atoms with van der Waals surface area (Å²) in [4.78, 5) is 12.4. The minimum atomic E-state index is -0.431. The van der Waals surface area contributed by atoms with Crippen molar-refractivity contribution in [2.24, 2.45) is 0 Å². The summed E-state index contributed by atoms with van der Waals surface area (Å²) in [5.41, 5.74) is 3.38. The molecule has 0 radical (unpaired) electrons. The van der Waals surface area contributed by atoms with Gasteiger partial charge in [-0.1, -0.05) is 28.9 Å². The molecule has 0 aliphatic carbocycles. The first-order valence-electron chi connectivity index (χ1n) is 8.14. The van der Waals surface area contributed by atoms with Crippen molar-refractivity contribution in [2.45, 2.75) is 6.92 Å². The number of anilines is 1. The van der Waals surface area contributed by atoms with Gasteiger partial charge in [0.1, 0.15) is 5.75 Å². The number of aryl methyl sites for hydroxylation is 1. The Kier molecular flexibility index (Phi) is 4.12. The number of methoxy groups -OCH3 is 1. The molecule has 0 spiro atoms. The number of hydrogen-bond acceptors (Lipinski definition) is 5. The highest BCUT2D eigenvalue weighted by molar-refractivity contribution is 6.38. The zero-order valence-electron chi connectivity index (χ0n) is 14.5. The molecule has 0 atom stereocenters. The quantitative estimate of drug-likeness (QED) is 0.507. The average Bonchev–Trinajstić information content (AvgIpc) is 3.23. The average molecular weight is 383 g/mol. The Morgan fingerprint density at radius 2 is 1.93 bits per heavy atom. The van der Waals surface area contributed by atoms with Crippen LogP contribution in [0.1, 0.15) is 17.0 Å². The molecule has 2 aromatic carbocycles. The van der Waals surface area contributed by atoms with Crippen molar-refractivity contribution in [3.63, 3.8) is 0 Å². The van der Waals surface area contributed by atoms with Gasteiger partial charge < -0.3 is 19.7 Å². The van der Waals surface area contributed by atoms with Gasteiger partial charge in [0.25, 0.3) is 5.91 Å². The molecule has 1 amide bonds. The van der Waals surface area contributed by atoms with Gasteiger partial charge in [0.15, 0.2) is 5.76 Å². The lowest BCUT2D eigenvalue weighted by Crippen LogP contribution is -2.05. The fraction of sp³-hybridized carbons (Fsp3) is 0.100. The Morgan fingerprint density at radius 3 is 2.56 bits per heavy atom. The van der Waals surface area contributed by atoms with Gasteiger partial charge in [0.05, 0.1) is 29.1 Å². The number of fused-ring (bicyclic) bond motifs is 1. The van der Waals surface area contributed by atoms with Gasteiger partial charge in [-0.25, -0.2) is 0 Å². The van der Waals surface area contributed by atoms with Gasteiger partial charge in [0, 0.05) is 17.2 Å². The third-order valence-corrected chi connectivity index (χ3v) is 4.66. The number of carbonyl (C=O) groups excluding carboxylic acids is 1. The van der Waals surface area contributed by atoms with Crippen LogP contribution in [0.3, 0.4) is 0 Å². The first-order valence-corrected chi connectivity index (χ1v) is 8.52. The molecule has 0 bridgehead atoms. The van der Waals surface area contributed by atoms with Crippen LogP contribution < -0.4 is 10.1 Å². The molecule has 0 unspecified atom stereocenters. The van der Waals surface area contributed by atoms with Crippen LogP contribution in [-0.2, 0) is 4.79 Å². The minimum Gasteiger partial charge on any atom is -0.504 e. The number of benzene rings is 2. The predicted molar refractivity (Wildman–Crippen MR) is 103 cm³/mol. The summed E-state index contributed by atoms with van der Waals surface area (Å²) in [6.07, 6.45) is 0. The second kappa shape index (κ2) is 6.48. The number of aromatic nitrogens is 1. The summed E-state index contributed by atoms with van der Waals surface area (Å²) in [5.74, 6) is 0.160. The number of amides is 1.